The Kier molecular flexibility index (Phi) is 3.01. The molecular formula is C15H17NO3. The molecule has 0 unspecified atom stereocenters. The topological polar surface area (TPSA) is 66.4 Å². The smallest absolute Gasteiger partial charge is 0.336 e. The van der Waals surface area contributed by atoms with Crippen LogP contribution >= 0.6 is 0 Å². The van der Waals surface area contributed by atoms with Gasteiger partial charge in [0, 0.05) is 6.04 Å². The first kappa shape index (κ1) is 12.2. The summed E-state index contributed by atoms with van der Waals surface area (Å²) >= 11 is 0. The van der Waals surface area contributed by atoms with Crippen molar-refractivity contribution in [2.75, 3.05) is 0 Å². The molecule has 100 valence electrons. The summed E-state index contributed by atoms with van der Waals surface area (Å²) in [4.78, 5) is 23.3. The maximum Gasteiger partial charge on any atom is 0.336 e. The van der Waals surface area contributed by atoms with Crippen molar-refractivity contribution in [3.05, 3.63) is 35.4 Å². The summed E-state index contributed by atoms with van der Waals surface area (Å²) in [6.07, 6.45) is 4.73. The average molecular weight is 259 g/mol. The molecule has 0 aliphatic heterocycles. The van der Waals surface area contributed by atoms with Gasteiger partial charge in [0.1, 0.15) is 0 Å². The number of carbonyl (C=O) groups is 2. The van der Waals surface area contributed by atoms with Gasteiger partial charge < -0.3 is 10.4 Å². The number of aromatic carboxylic acids is 1. The van der Waals surface area contributed by atoms with E-state index in [2.05, 4.69) is 5.32 Å². The Morgan fingerprint density at radius 1 is 1.11 bits per heavy atom. The van der Waals surface area contributed by atoms with Gasteiger partial charge in [-0.3, -0.25) is 4.79 Å². The van der Waals surface area contributed by atoms with Crippen LogP contribution in [0.4, 0.5) is 0 Å². The van der Waals surface area contributed by atoms with Gasteiger partial charge in [-0.2, -0.15) is 0 Å². The van der Waals surface area contributed by atoms with Crippen LogP contribution in [-0.2, 0) is 0 Å². The monoisotopic (exact) mass is 259 g/mol. The fourth-order valence-corrected chi connectivity index (χ4v) is 3.54. The summed E-state index contributed by atoms with van der Waals surface area (Å²) in [5.41, 5.74) is 0.334. The van der Waals surface area contributed by atoms with E-state index in [1.807, 2.05) is 0 Å². The number of nitrogens with one attached hydrogen (secondary N) is 1. The average Bonchev–Trinajstić information content (AvgIpc) is 3.01. The van der Waals surface area contributed by atoms with Crippen molar-refractivity contribution in [1.82, 2.24) is 5.32 Å². The molecule has 2 fully saturated rings. The van der Waals surface area contributed by atoms with Crippen LogP contribution in [0.1, 0.15) is 46.4 Å². The van der Waals surface area contributed by atoms with Crippen molar-refractivity contribution >= 4 is 11.9 Å². The number of carbonyl (C=O) groups excluding carboxylic acids is 1. The van der Waals surface area contributed by atoms with E-state index >= 15 is 0 Å². The van der Waals surface area contributed by atoms with Gasteiger partial charge in [0.25, 0.3) is 5.91 Å². The Labute approximate surface area is 111 Å². The maximum absolute atomic E-state index is 12.2. The van der Waals surface area contributed by atoms with Crippen LogP contribution in [0.5, 0.6) is 0 Å². The standard InChI is InChI=1S/C15H17NO3/c17-14(11-3-1-2-4-12(11)15(18)19)16-13-8-9-5-6-10(13)7-9/h1-4,9-10,13H,5-8H2,(H,16,17)(H,18,19)/t9-,10-,13-/m0/s1. The minimum absolute atomic E-state index is 0.0724. The predicted octanol–water partition coefficient (Wildman–Crippen LogP) is 2.30. The van der Waals surface area contributed by atoms with Gasteiger partial charge in [0.15, 0.2) is 0 Å². The van der Waals surface area contributed by atoms with E-state index in [-0.39, 0.29) is 23.1 Å². The lowest BCUT2D eigenvalue weighted by Gasteiger charge is -2.23. The molecule has 0 spiro atoms. The quantitative estimate of drug-likeness (QED) is 0.875. The van der Waals surface area contributed by atoms with Crippen LogP contribution in [0, 0.1) is 11.8 Å². The molecule has 0 heterocycles. The lowest BCUT2D eigenvalue weighted by atomic mass is 9.95. The first-order chi connectivity index (χ1) is 9.15. The first-order valence-corrected chi connectivity index (χ1v) is 6.78. The van der Waals surface area contributed by atoms with Crippen molar-refractivity contribution in [2.24, 2.45) is 11.8 Å². The minimum Gasteiger partial charge on any atom is -0.478 e. The van der Waals surface area contributed by atoms with Gasteiger partial charge in [0.05, 0.1) is 11.1 Å². The molecule has 3 rings (SSSR count). The number of amides is 1. The van der Waals surface area contributed by atoms with E-state index < -0.39 is 5.97 Å². The molecule has 2 aliphatic rings. The highest BCUT2D eigenvalue weighted by molar-refractivity contribution is 6.04. The van der Waals surface area contributed by atoms with Gasteiger partial charge in [-0.1, -0.05) is 18.6 Å². The molecule has 1 aromatic carbocycles. The van der Waals surface area contributed by atoms with Crippen molar-refractivity contribution < 1.29 is 14.7 Å². The summed E-state index contributed by atoms with van der Waals surface area (Å²) in [6, 6.07) is 6.61. The second kappa shape index (κ2) is 4.68. The molecule has 2 saturated carbocycles. The Morgan fingerprint density at radius 2 is 1.84 bits per heavy atom. The number of hydrogen-bond donors (Lipinski definition) is 2. The lowest BCUT2D eigenvalue weighted by molar-refractivity contribution is 0.0690. The third kappa shape index (κ3) is 2.23. The van der Waals surface area contributed by atoms with Gasteiger partial charge in [-0.25, -0.2) is 4.79 Å². The molecule has 3 atom stereocenters. The summed E-state index contributed by atoms with van der Waals surface area (Å²) < 4.78 is 0. The molecular weight excluding hydrogens is 242 g/mol. The highest BCUT2D eigenvalue weighted by atomic mass is 16.4. The zero-order chi connectivity index (χ0) is 13.4. The van der Waals surface area contributed by atoms with Gasteiger partial charge in [0.2, 0.25) is 0 Å². The van der Waals surface area contributed by atoms with Crippen LogP contribution in [0.3, 0.4) is 0 Å². The molecule has 0 radical (unpaired) electrons. The second-order valence-corrected chi connectivity index (χ2v) is 5.61. The largest absolute Gasteiger partial charge is 0.478 e. The summed E-state index contributed by atoms with van der Waals surface area (Å²) in [7, 11) is 0. The van der Waals surface area contributed by atoms with Gasteiger partial charge >= 0.3 is 5.97 Å². The third-order valence-electron chi connectivity index (χ3n) is 4.46. The molecule has 2 bridgehead atoms. The number of carboxylic acid groups (broad SMARTS) is 1. The molecule has 4 nitrogen and oxygen atoms in total. The van der Waals surface area contributed by atoms with E-state index in [1.165, 1.54) is 25.3 Å². The second-order valence-electron chi connectivity index (χ2n) is 5.61. The van der Waals surface area contributed by atoms with Crippen LogP contribution in [0.25, 0.3) is 0 Å². The number of benzene rings is 1. The van der Waals surface area contributed by atoms with Gasteiger partial charge in [-0.05, 0) is 43.2 Å². The van der Waals surface area contributed by atoms with Crippen molar-refractivity contribution in [1.29, 1.82) is 0 Å². The SMILES string of the molecule is O=C(O)c1ccccc1C(=O)N[C@H]1C[C@H]2CC[C@H]1C2. The molecule has 1 amide bonds. The number of hydrogen-bond acceptors (Lipinski definition) is 2. The van der Waals surface area contributed by atoms with Crippen molar-refractivity contribution in [3.63, 3.8) is 0 Å². The van der Waals surface area contributed by atoms with Crippen LogP contribution < -0.4 is 5.32 Å². The number of rotatable bonds is 3. The van der Waals surface area contributed by atoms with Crippen molar-refractivity contribution in [3.8, 4) is 0 Å². The summed E-state index contributed by atoms with van der Waals surface area (Å²) in [5, 5.41) is 12.1. The lowest BCUT2D eigenvalue weighted by Crippen LogP contribution is -2.39. The fourth-order valence-electron chi connectivity index (χ4n) is 3.54. The normalized spacial score (nSPS) is 28.3. The summed E-state index contributed by atoms with van der Waals surface area (Å²) in [6.45, 7) is 0. The number of carboxylic acids is 1. The zero-order valence-electron chi connectivity index (χ0n) is 10.6. The predicted molar refractivity (Wildman–Crippen MR) is 70.1 cm³/mol. The Bertz CT molecular complexity index is 526. The van der Waals surface area contributed by atoms with E-state index in [0.29, 0.717) is 5.92 Å². The highest BCUT2D eigenvalue weighted by Crippen LogP contribution is 2.44. The van der Waals surface area contributed by atoms with E-state index in [0.717, 1.165) is 12.3 Å². The Hall–Kier alpha value is -1.84. The van der Waals surface area contributed by atoms with E-state index in [4.69, 9.17) is 5.11 Å². The molecule has 19 heavy (non-hydrogen) atoms. The van der Waals surface area contributed by atoms with Crippen LogP contribution in [0.2, 0.25) is 0 Å². The van der Waals surface area contributed by atoms with Crippen LogP contribution in [0.15, 0.2) is 24.3 Å². The van der Waals surface area contributed by atoms with Gasteiger partial charge in [-0.15, -0.1) is 0 Å². The number of fused-ring (bicyclic) bond motifs is 2. The zero-order valence-corrected chi connectivity index (χ0v) is 10.6. The van der Waals surface area contributed by atoms with E-state index in [9.17, 15) is 9.59 Å². The molecule has 4 heteroatoms. The first-order valence-electron chi connectivity index (χ1n) is 6.78. The molecule has 0 aromatic heterocycles. The Balaban J connectivity index is 1.76. The Morgan fingerprint density at radius 3 is 2.42 bits per heavy atom. The molecule has 0 saturated heterocycles. The maximum atomic E-state index is 12.2. The molecule has 2 N–H and O–H groups in total. The third-order valence-corrected chi connectivity index (χ3v) is 4.46. The van der Waals surface area contributed by atoms with E-state index in [1.54, 1.807) is 18.2 Å². The van der Waals surface area contributed by atoms with Crippen molar-refractivity contribution in [2.45, 2.75) is 31.7 Å². The van der Waals surface area contributed by atoms with Crippen LogP contribution in [-0.4, -0.2) is 23.0 Å². The highest BCUT2D eigenvalue weighted by Gasteiger charge is 2.40. The minimum atomic E-state index is -1.06. The fraction of sp³-hybridized carbons (Fsp3) is 0.467. The molecule has 2 aliphatic carbocycles. The molecule has 1 aromatic rings. The summed E-state index contributed by atoms with van der Waals surface area (Å²) in [5.74, 6) is 0.0326.